The van der Waals surface area contributed by atoms with E-state index in [1.807, 2.05) is 42.5 Å². The maximum Gasteiger partial charge on any atom is 0.245 e. The van der Waals surface area contributed by atoms with Gasteiger partial charge in [-0.1, -0.05) is 48.0 Å². The minimum absolute atomic E-state index is 0.204. The lowest BCUT2D eigenvalue weighted by Crippen LogP contribution is -2.52. The maximum atomic E-state index is 13.3. The van der Waals surface area contributed by atoms with Crippen LogP contribution >= 0.6 is 11.6 Å². The lowest BCUT2D eigenvalue weighted by molar-refractivity contribution is -0.135. The molecule has 8 heteroatoms. The highest BCUT2D eigenvalue weighted by atomic mass is 35.5. The molecule has 1 amide bonds. The molecule has 0 aliphatic carbocycles. The van der Waals surface area contributed by atoms with Crippen molar-refractivity contribution in [1.29, 1.82) is 0 Å². The molecule has 0 radical (unpaired) electrons. The predicted octanol–water partition coefficient (Wildman–Crippen LogP) is 2.62. The third-order valence-electron chi connectivity index (χ3n) is 5.00. The average molecular weight is 422 g/mol. The van der Waals surface area contributed by atoms with Gasteiger partial charge in [-0.15, -0.1) is 0 Å². The number of nitrogens with zero attached hydrogens (tertiary/aromatic N) is 3. The molecule has 1 atom stereocenters. The number of likely N-dealkylation sites (N-methyl/N-ethyl adjacent to an activating group) is 1. The van der Waals surface area contributed by atoms with Crippen LogP contribution in [0.25, 0.3) is 0 Å². The van der Waals surface area contributed by atoms with Crippen molar-refractivity contribution in [2.75, 3.05) is 44.4 Å². The molecule has 1 aliphatic heterocycles. The van der Waals surface area contributed by atoms with Crippen LogP contribution in [0.15, 0.2) is 54.6 Å². The van der Waals surface area contributed by atoms with Gasteiger partial charge in [0.15, 0.2) is 0 Å². The molecule has 0 N–H and O–H groups in total. The summed E-state index contributed by atoms with van der Waals surface area (Å²) < 4.78 is 25.4. The van der Waals surface area contributed by atoms with E-state index in [1.165, 1.54) is 7.05 Å². The number of hydrogen-bond donors (Lipinski definition) is 0. The van der Waals surface area contributed by atoms with Gasteiger partial charge in [0, 0.05) is 43.9 Å². The molecule has 2 aromatic carbocycles. The van der Waals surface area contributed by atoms with Crippen molar-refractivity contribution in [3.8, 4) is 0 Å². The Balaban J connectivity index is 1.77. The summed E-state index contributed by atoms with van der Waals surface area (Å²) in [7, 11) is -2.08. The van der Waals surface area contributed by atoms with Gasteiger partial charge in [-0.25, -0.2) is 8.42 Å². The fraction of sp³-hybridized carbons (Fsp3) is 0.350. The molecular formula is C20H24ClN3O3S. The minimum Gasteiger partial charge on any atom is -0.368 e. The molecule has 0 saturated carbocycles. The fourth-order valence-corrected chi connectivity index (χ4v) is 4.15. The van der Waals surface area contributed by atoms with Crippen LogP contribution in [-0.2, 0) is 14.8 Å². The van der Waals surface area contributed by atoms with Gasteiger partial charge >= 0.3 is 0 Å². The number of rotatable bonds is 5. The van der Waals surface area contributed by atoms with E-state index < -0.39 is 16.1 Å². The second-order valence-electron chi connectivity index (χ2n) is 6.88. The first-order chi connectivity index (χ1) is 13.3. The van der Waals surface area contributed by atoms with E-state index in [-0.39, 0.29) is 5.91 Å². The minimum atomic E-state index is -3.53. The molecule has 150 valence electrons. The van der Waals surface area contributed by atoms with Crippen LogP contribution in [0, 0.1) is 0 Å². The van der Waals surface area contributed by atoms with E-state index in [0.717, 1.165) is 16.2 Å². The van der Waals surface area contributed by atoms with E-state index in [9.17, 15) is 13.2 Å². The number of piperazine rings is 1. The Morgan fingerprint density at radius 1 is 1.04 bits per heavy atom. The Kier molecular flexibility index (Phi) is 6.27. The number of halogens is 1. The van der Waals surface area contributed by atoms with Crippen LogP contribution in [0.5, 0.6) is 0 Å². The van der Waals surface area contributed by atoms with Crippen molar-refractivity contribution in [1.82, 2.24) is 9.21 Å². The van der Waals surface area contributed by atoms with Gasteiger partial charge in [-0.05, 0) is 23.8 Å². The molecular weight excluding hydrogens is 398 g/mol. The van der Waals surface area contributed by atoms with Crippen molar-refractivity contribution in [3.05, 3.63) is 65.2 Å². The molecule has 0 bridgehead atoms. The van der Waals surface area contributed by atoms with E-state index in [2.05, 4.69) is 4.90 Å². The molecule has 1 aliphatic rings. The van der Waals surface area contributed by atoms with Crippen molar-refractivity contribution >= 4 is 33.2 Å². The quantitative estimate of drug-likeness (QED) is 0.744. The molecule has 2 aromatic rings. The van der Waals surface area contributed by atoms with Crippen LogP contribution in [0.2, 0.25) is 5.02 Å². The summed E-state index contributed by atoms with van der Waals surface area (Å²) in [6.07, 6.45) is 1.12. The number of sulfonamides is 1. The lowest BCUT2D eigenvalue weighted by Gasteiger charge is -2.39. The monoisotopic (exact) mass is 421 g/mol. The van der Waals surface area contributed by atoms with E-state index >= 15 is 0 Å². The zero-order valence-corrected chi connectivity index (χ0v) is 17.5. The molecule has 3 rings (SSSR count). The van der Waals surface area contributed by atoms with Crippen LogP contribution < -0.4 is 4.90 Å². The van der Waals surface area contributed by atoms with Gasteiger partial charge in [0.2, 0.25) is 15.9 Å². The van der Waals surface area contributed by atoms with Crippen molar-refractivity contribution < 1.29 is 13.2 Å². The Morgan fingerprint density at radius 3 is 2.25 bits per heavy atom. The predicted molar refractivity (Wildman–Crippen MR) is 112 cm³/mol. The summed E-state index contributed by atoms with van der Waals surface area (Å²) in [5, 5.41) is 0.676. The maximum absolute atomic E-state index is 13.3. The van der Waals surface area contributed by atoms with Gasteiger partial charge in [-0.3, -0.25) is 4.79 Å². The smallest absolute Gasteiger partial charge is 0.245 e. The summed E-state index contributed by atoms with van der Waals surface area (Å²) >= 11 is 6.08. The Morgan fingerprint density at radius 2 is 1.68 bits per heavy atom. The van der Waals surface area contributed by atoms with Crippen LogP contribution in [0.4, 0.5) is 5.69 Å². The number of carbonyl (C=O) groups excluding carboxylic acids is 1. The SMILES string of the molecule is CN([C@@H](C(=O)N1CCN(c2cccc(Cl)c2)CC1)c1ccccc1)S(C)(=O)=O. The molecule has 28 heavy (non-hydrogen) atoms. The largest absolute Gasteiger partial charge is 0.368 e. The Bertz CT molecular complexity index is 929. The number of anilines is 1. The van der Waals surface area contributed by atoms with Gasteiger partial charge < -0.3 is 9.80 Å². The van der Waals surface area contributed by atoms with Crippen molar-refractivity contribution in [2.24, 2.45) is 0 Å². The third kappa shape index (κ3) is 4.66. The van der Waals surface area contributed by atoms with Crippen molar-refractivity contribution in [3.63, 3.8) is 0 Å². The fourth-order valence-electron chi connectivity index (χ4n) is 3.37. The first kappa shape index (κ1) is 20.6. The Hall–Kier alpha value is -2.09. The summed E-state index contributed by atoms with van der Waals surface area (Å²) in [4.78, 5) is 17.2. The first-order valence-electron chi connectivity index (χ1n) is 9.04. The Labute approximate surface area is 171 Å². The summed E-state index contributed by atoms with van der Waals surface area (Å²) in [6.45, 7) is 2.37. The standard InChI is InChI=1S/C20H24ClN3O3S/c1-22(28(2,26)27)19(16-7-4-3-5-8-16)20(25)24-13-11-23(12-14-24)18-10-6-9-17(21)15-18/h3-10,15,19H,11-14H2,1-2H3/t19-/m1/s1. The summed E-state index contributed by atoms with van der Waals surface area (Å²) in [6, 6.07) is 15.8. The zero-order chi connectivity index (χ0) is 20.3. The molecule has 0 spiro atoms. The molecule has 0 aromatic heterocycles. The highest BCUT2D eigenvalue weighted by Gasteiger charge is 2.35. The number of hydrogen-bond acceptors (Lipinski definition) is 4. The molecule has 1 fully saturated rings. The normalized spacial score (nSPS) is 16.3. The van der Waals surface area contributed by atoms with Crippen LogP contribution in [-0.4, -0.2) is 63.0 Å². The number of amides is 1. The van der Waals surface area contributed by atoms with E-state index in [4.69, 9.17) is 11.6 Å². The molecule has 6 nitrogen and oxygen atoms in total. The van der Waals surface area contributed by atoms with E-state index in [0.29, 0.717) is 36.8 Å². The summed E-state index contributed by atoms with van der Waals surface area (Å²) in [5.41, 5.74) is 1.69. The third-order valence-corrected chi connectivity index (χ3v) is 6.49. The van der Waals surface area contributed by atoms with Gasteiger partial charge in [0.05, 0.1) is 6.26 Å². The lowest BCUT2D eigenvalue weighted by atomic mass is 10.1. The second-order valence-corrected chi connectivity index (χ2v) is 9.36. The van der Waals surface area contributed by atoms with Crippen LogP contribution in [0.3, 0.4) is 0 Å². The second kappa shape index (κ2) is 8.51. The van der Waals surface area contributed by atoms with E-state index in [1.54, 1.807) is 17.0 Å². The molecule has 1 saturated heterocycles. The topological polar surface area (TPSA) is 60.9 Å². The van der Waals surface area contributed by atoms with Gasteiger partial charge in [-0.2, -0.15) is 4.31 Å². The molecule has 1 heterocycles. The van der Waals surface area contributed by atoms with Crippen LogP contribution in [0.1, 0.15) is 11.6 Å². The zero-order valence-electron chi connectivity index (χ0n) is 16.0. The van der Waals surface area contributed by atoms with Gasteiger partial charge in [0.25, 0.3) is 0 Å². The number of carbonyl (C=O) groups is 1. The highest BCUT2D eigenvalue weighted by molar-refractivity contribution is 7.88. The first-order valence-corrected chi connectivity index (χ1v) is 11.3. The number of benzene rings is 2. The van der Waals surface area contributed by atoms with Gasteiger partial charge in [0.1, 0.15) is 6.04 Å². The van der Waals surface area contributed by atoms with Crippen molar-refractivity contribution in [2.45, 2.75) is 6.04 Å². The molecule has 0 unspecified atom stereocenters. The summed E-state index contributed by atoms with van der Waals surface area (Å²) in [5.74, 6) is -0.204. The highest BCUT2D eigenvalue weighted by Crippen LogP contribution is 2.26. The average Bonchev–Trinajstić information content (AvgIpc) is 2.68.